The molecule has 9 atom stereocenters. The van der Waals surface area contributed by atoms with Crippen LogP contribution in [0.2, 0.25) is 0 Å². The molecule has 1 saturated heterocycles. The highest BCUT2D eigenvalue weighted by Crippen LogP contribution is 2.73. The number of ketones is 1. The molecule has 0 unspecified atom stereocenters. The van der Waals surface area contributed by atoms with Gasteiger partial charge in [0.25, 0.3) is 0 Å². The average molecular weight is 433 g/mol. The number of ether oxygens (including phenoxy) is 2. The van der Waals surface area contributed by atoms with Crippen LogP contribution >= 0.6 is 0 Å². The highest BCUT2D eigenvalue weighted by Gasteiger charge is 2.79. The highest BCUT2D eigenvalue weighted by molar-refractivity contribution is 5.97. The van der Waals surface area contributed by atoms with Crippen LogP contribution in [0.15, 0.2) is 5.10 Å². The quantitative estimate of drug-likeness (QED) is 0.404. The molecule has 0 aromatic carbocycles. The number of nitrogens with one attached hydrogen (secondary N) is 1. The summed E-state index contributed by atoms with van der Waals surface area (Å²) >= 11 is 0. The van der Waals surface area contributed by atoms with Crippen molar-refractivity contribution >= 4 is 17.6 Å². The lowest BCUT2D eigenvalue weighted by atomic mass is 9.44. The lowest BCUT2D eigenvalue weighted by molar-refractivity contribution is -0.164. The number of rotatable bonds is 3. The molecule has 0 spiro atoms. The smallest absolute Gasteiger partial charge is 0.427 e. The number of aliphatic hydroxyl groups is 1. The maximum Gasteiger partial charge on any atom is 0.427 e. The van der Waals surface area contributed by atoms with Crippen molar-refractivity contribution in [3.63, 3.8) is 0 Å². The number of nitrogens with zero attached hydrogens (tertiary/aromatic N) is 1. The van der Waals surface area contributed by atoms with Crippen LogP contribution in [0.25, 0.3) is 0 Å². The summed E-state index contributed by atoms with van der Waals surface area (Å²) in [6, 6.07) is 0. The first kappa shape index (κ1) is 21.4. The Hall–Kier alpha value is -1.47. The van der Waals surface area contributed by atoms with E-state index >= 15 is 0 Å². The molecule has 7 heteroatoms. The van der Waals surface area contributed by atoms with Crippen molar-refractivity contribution in [1.82, 2.24) is 5.43 Å². The van der Waals surface area contributed by atoms with Crippen LogP contribution in [-0.4, -0.2) is 47.1 Å². The molecule has 4 saturated carbocycles. The summed E-state index contributed by atoms with van der Waals surface area (Å²) in [6.07, 6.45) is 5.52. The van der Waals surface area contributed by atoms with Crippen molar-refractivity contribution < 1.29 is 24.2 Å². The number of fused-ring (bicyclic) bond motifs is 7. The Labute approximate surface area is 184 Å². The van der Waals surface area contributed by atoms with Crippen LogP contribution in [0.4, 0.5) is 4.79 Å². The van der Waals surface area contributed by atoms with Gasteiger partial charge in [-0.15, -0.1) is 0 Å². The standard InChI is InChI=1S/C24H36N2O5/c1-5-30-21(29)26-25-13(2)24-19(31-24)11-17-16-7-6-14-10-15(27)8-9-22(14,3)20(16)18(28)12-23(17,24)4/h14-17,19-20,27H,5-12H2,1-4H3,(H,26,29)/t14-,15-,16-,17-,19+,20+,22-,23-,24+/m0/s1. The molecule has 1 amide bonds. The monoisotopic (exact) mass is 432 g/mol. The van der Waals surface area contributed by atoms with Gasteiger partial charge in [0, 0.05) is 17.8 Å². The molecule has 5 fully saturated rings. The molecule has 5 rings (SSSR count). The van der Waals surface area contributed by atoms with E-state index in [1.54, 1.807) is 6.92 Å². The molecule has 4 aliphatic carbocycles. The van der Waals surface area contributed by atoms with E-state index in [1.165, 1.54) is 0 Å². The Balaban J connectivity index is 1.42. The Morgan fingerprint density at radius 3 is 2.81 bits per heavy atom. The molecule has 1 heterocycles. The van der Waals surface area contributed by atoms with E-state index in [0.717, 1.165) is 44.2 Å². The molecule has 172 valence electrons. The van der Waals surface area contributed by atoms with Gasteiger partial charge in [0.2, 0.25) is 0 Å². The van der Waals surface area contributed by atoms with E-state index in [2.05, 4.69) is 24.4 Å². The van der Waals surface area contributed by atoms with Crippen molar-refractivity contribution in [1.29, 1.82) is 0 Å². The van der Waals surface area contributed by atoms with Gasteiger partial charge in [-0.2, -0.15) is 5.10 Å². The van der Waals surface area contributed by atoms with Crippen LogP contribution < -0.4 is 5.43 Å². The second kappa shape index (κ2) is 7.01. The van der Waals surface area contributed by atoms with Gasteiger partial charge in [-0.3, -0.25) is 4.79 Å². The first-order valence-electron chi connectivity index (χ1n) is 12.0. The number of hydrazone groups is 1. The van der Waals surface area contributed by atoms with Crippen LogP contribution in [0, 0.1) is 34.5 Å². The molecule has 0 aromatic rings. The molecule has 0 bridgehead atoms. The summed E-state index contributed by atoms with van der Waals surface area (Å²) < 4.78 is 11.2. The molecule has 7 nitrogen and oxygen atoms in total. The Kier molecular flexibility index (Phi) is 4.84. The van der Waals surface area contributed by atoms with Gasteiger partial charge in [-0.25, -0.2) is 10.2 Å². The fraction of sp³-hybridized carbons (Fsp3) is 0.875. The normalized spacial score (nSPS) is 50.6. The molecule has 5 aliphatic rings. The summed E-state index contributed by atoms with van der Waals surface area (Å²) in [7, 11) is 0. The van der Waals surface area contributed by atoms with Gasteiger partial charge >= 0.3 is 6.09 Å². The summed E-state index contributed by atoms with van der Waals surface area (Å²) in [6.45, 7) is 8.47. The van der Waals surface area contributed by atoms with Crippen molar-refractivity contribution in [3.05, 3.63) is 0 Å². The average Bonchev–Trinajstić information content (AvgIpc) is 3.39. The SMILES string of the molecule is CCOC(=O)NN=C(C)[C@@]12O[C@@H]1C[C@H]1[C@@H]3CC[C@H]4C[C@@H](O)CC[C@]4(C)[C@H]3C(=O)C[C@@]12C. The third-order valence-electron chi connectivity index (χ3n) is 9.88. The van der Waals surface area contributed by atoms with Gasteiger partial charge in [0.05, 0.1) is 24.5 Å². The van der Waals surface area contributed by atoms with Crippen molar-refractivity contribution in [3.8, 4) is 0 Å². The molecule has 0 aromatic heterocycles. The van der Waals surface area contributed by atoms with Crippen molar-refractivity contribution in [2.45, 2.75) is 90.4 Å². The number of carbonyl (C=O) groups is 2. The molecule has 1 aliphatic heterocycles. The minimum absolute atomic E-state index is 0.00988. The first-order valence-corrected chi connectivity index (χ1v) is 12.0. The summed E-state index contributed by atoms with van der Waals surface area (Å²) in [5.41, 5.74) is 2.37. The van der Waals surface area contributed by atoms with Crippen LogP contribution in [0.5, 0.6) is 0 Å². The Morgan fingerprint density at radius 2 is 2.06 bits per heavy atom. The molecule has 31 heavy (non-hydrogen) atoms. The number of epoxide rings is 1. The van der Waals surface area contributed by atoms with Crippen LogP contribution in [-0.2, 0) is 14.3 Å². The van der Waals surface area contributed by atoms with E-state index in [0.29, 0.717) is 36.6 Å². The number of aliphatic hydroxyl groups excluding tert-OH is 1. The Morgan fingerprint density at radius 1 is 1.29 bits per heavy atom. The van der Waals surface area contributed by atoms with Gasteiger partial charge in [0.15, 0.2) is 0 Å². The maximum absolute atomic E-state index is 13.8. The van der Waals surface area contributed by atoms with E-state index in [4.69, 9.17) is 9.47 Å². The maximum atomic E-state index is 13.8. The minimum atomic E-state index is -0.569. The number of amides is 1. The van der Waals surface area contributed by atoms with Gasteiger partial charge in [-0.1, -0.05) is 13.8 Å². The van der Waals surface area contributed by atoms with E-state index in [-0.39, 0.29) is 29.0 Å². The van der Waals surface area contributed by atoms with Gasteiger partial charge < -0.3 is 14.6 Å². The molecule has 0 radical (unpaired) electrons. The Bertz CT molecular complexity index is 829. The van der Waals surface area contributed by atoms with E-state index < -0.39 is 11.7 Å². The van der Waals surface area contributed by atoms with Crippen LogP contribution in [0.1, 0.15) is 72.6 Å². The lowest BCUT2D eigenvalue weighted by Crippen LogP contribution is -2.60. The predicted molar refractivity (Wildman–Crippen MR) is 114 cm³/mol. The first-order chi connectivity index (χ1) is 14.7. The number of carbonyl (C=O) groups excluding carboxylic acids is 2. The second-order valence-electron chi connectivity index (χ2n) is 11.1. The summed E-state index contributed by atoms with van der Waals surface area (Å²) in [5.74, 6) is 1.72. The number of hydrogen-bond acceptors (Lipinski definition) is 6. The topological polar surface area (TPSA) is 101 Å². The molecular formula is C24H36N2O5. The van der Waals surface area contributed by atoms with E-state index in [9.17, 15) is 14.7 Å². The van der Waals surface area contributed by atoms with Crippen molar-refractivity contribution in [2.75, 3.05) is 6.61 Å². The summed E-state index contributed by atoms with van der Waals surface area (Å²) in [4.78, 5) is 25.5. The number of Topliss-reactive ketones (excluding diaryl/α,β-unsaturated/α-hetero) is 1. The van der Waals surface area contributed by atoms with Crippen LogP contribution in [0.3, 0.4) is 0 Å². The van der Waals surface area contributed by atoms with Gasteiger partial charge in [0.1, 0.15) is 11.4 Å². The second-order valence-corrected chi connectivity index (χ2v) is 11.1. The zero-order chi connectivity index (χ0) is 22.2. The van der Waals surface area contributed by atoms with Gasteiger partial charge in [-0.05, 0) is 75.5 Å². The van der Waals surface area contributed by atoms with E-state index in [1.807, 2.05) is 6.92 Å². The predicted octanol–water partition coefficient (Wildman–Crippen LogP) is 3.44. The molecule has 2 N–H and O–H groups in total. The zero-order valence-electron chi connectivity index (χ0n) is 19.1. The number of hydrogen-bond donors (Lipinski definition) is 2. The third kappa shape index (κ3) is 2.81. The molecular weight excluding hydrogens is 396 g/mol. The summed E-state index contributed by atoms with van der Waals surface area (Å²) in [5, 5.41) is 14.5. The largest absolute Gasteiger partial charge is 0.449 e. The van der Waals surface area contributed by atoms with Crippen molar-refractivity contribution in [2.24, 2.45) is 39.6 Å². The zero-order valence-corrected chi connectivity index (χ0v) is 19.1. The lowest BCUT2D eigenvalue weighted by Gasteiger charge is -2.60. The fourth-order valence-electron chi connectivity index (χ4n) is 8.51. The highest BCUT2D eigenvalue weighted by atomic mass is 16.6. The fourth-order valence-corrected chi connectivity index (χ4v) is 8.51. The minimum Gasteiger partial charge on any atom is -0.449 e. The third-order valence-corrected chi connectivity index (χ3v) is 9.88.